The van der Waals surface area contributed by atoms with E-state index in [9.17, 15) is 0 Å². The van der Waals surface area contributed by atoms with Gasteiger partial charge in [-0.1, -0.05) is 30.9 Å². The normalized spacial score (nSPS) is 21.8. The first kappa shape index (κ1) is 3.90. The minimum Gasteiger partial charge on any atom is -0.0911 e. The second kappa shape index (κ2) is 1.03. The summed E-state index contributed by atoms with van der Waals surface area (Å²) in [4.78, 5) is 0. The molecule has 8 heavy (non-hydrogen) atoms. The van der Waals surface area contributed by atoms with Crippen LogP contribution in [0.1, 0.15) is 0 Å². The zero-order valence-corrected chi connectivity index (χ0v) is 4.52. The Morgan fingerprint density at radius 3 is 2.25 bits per heavy atom. The molecule has 0 fully saturated rings. The van der Waals surface area contributed by atoms with Gasteiger partial charge in [0.25, 0.3) is 0 Å². The standard InChI is InChI=1S/C8H6/c1-6-2-3-7-4-5-8(6)7/h2-5H,1H2. The molecule has 2 aliphatic rings. The summed E-state index contributed by atoms with van der Waals surface area (Å²) < 4.78 is 0. The summed E-state index contributed by atoms with van der Waals surface area (Å²) in [7, 11) is 0. The maximum Gasteiger partial charge on any atom is -0.0117 e. The lowest BCUT2D eigenvalue weighted by molar-refractivity contribution is 1.48. The average molecular weight is 102 g/mol. The molecule has 0 heteroatoms. The predicted molar refractivity (Wildman–Crippen MR) is 34.4 cm³/mol. The van der Waals surface area contributed by atoms with Crippen LogP contribution >= 0.6 is 0 Å². The van der Waals surface area contributed by atoms with E-state index >= 15 is 0 Å². The fourth-order valence-electron chi connectivity index (χ4n) is 0.981. The van der Waals surface area contributed by atoms with Crippen molar-refractivity contribution >= 4 is 0 Å². The molecule has 0 bridgehead atoms. The molecule has 2 rings (SSSR count). The molecule has 0 N–H and O–H groups in total. The fourth-order valence-corrected chi connectivity index (χ4v) is 0.981. The second-order valence-corrected chi connectivity index (χ2v) is 2.06. The zero-order valence-electron chi connectivity index (χ0n) is 4.52. The number of fused-ring (bicyclic) bond motifs is 1. The SMILES string of the molecule is C=C1C=CC2=CC=C12. The van der Waals surface area contributed by atoms with Gasteiger partial charge < -0.3 is 0 Å². The quantitative estimate of drug-likeness (QED) is 0.438. The molecule has 0 saturated heterocycles. The summed E-state index contributed by atoms with van der Waals surface area (Å²) in [5.74, 6) is 0. The molecular formula is C8H6. The van der Waals surface area contributed by atoms with Gasteiger partial charge in [0.05, 0.1) is 0 Å². The van der Waals surface area contributed by atoms with E-state index in [1.54, 1.807) is 0 Å². The molecule has 2 aliphatic carbocycles. The smallest absolute Gasteiger partial charge is 0.0117 e. The lowest BCUT2D eigenvalue weighted by atomic mass is 9.98. The average Bonchev–Trinajstić information content (AvgIpc) is 1.80. The number of hydrogen-bond donors (Lipinski definition) is 0. The van der Waals surface area contributed by atoms with Gasteiger partial charge in [-0.2, -0.15) is 0 Å². The highest BCUT2D eigenvalue weighted by atomic mass is 14.2. The maximum absolute atomic E-state index is 3.84. The van der Waals surface area contributed by atoms with Crippen molar-refractivity contribution < 1.29 is 0 Å². The largest absolute Gasteiger partial charge is 0.0911 e. The molecule has 0 atom stereocenters. The Hall–Kier alpha value is -1.04. The van der Waals surface area contributed by atoms with Gasteiger partial charge in [-0.05, 0) is 16.7 Å². The molecule has 0 nitrogen and oxygen atoms in total. The van der Waals surface area contributed by atoms with Crippen molar-refractivity contribution in [2.45, 2.75) is 0 Å². The Morgan fingerprint density at radius 1 is 1.12 bits per heavy atom. The summed E-state index contributed by atoms with van der Waals surface area (Å²) in [5.41, 5.74) is 3.82. The van der Waals surface area contributed by atoms with Crippen molar-refractivity contribution in [2.24, 2.45) is 0 Å². The van der Waals surface area contributed by atoms with Crippen LogP contribution in [0.15, 0.2) is 47.6 Å². The van der Waals surface area contributed by atoms with Gasteiger partial charge in [-0.3, -0.25) is 0 Å². The van der Waals surface area contributed by atoms with Gasteiger partial charge in [-0.25, -0.2) is 0 Å². The van der Waals surface area contributed by atoms with Crippen LogP contribution in [0.5, 0.6) is 0 Å². The van der Waals surface area contributed by atoms with Crippen molar-refractivity contribution in [1.82, 2.24) is 0 Å². The fraction of sp³-hybridized carbons (Fsp3) is 0. The molecule has 0 heterocycles. The Morgan fingerprint density at radius 2 is 2.00 bits per heavy atom. The number of rotatable bonds is 0. The first-order valence-electron chi connectivity index (χ1n) is 2.67. The monoisotopic (exact) mass is 102 g/mol. The second-order valence-electron chi connectivity index (χ2n) is 2.06. The molecule has 38 valence electrons. The summed E-state index contributed by atoms with van der Waals surface area (Å²) in [6.45, 7) is 3.84. The summed E-state index contributed by atoms with van der Waals surface area (Å²) in [5, 5.41) is 0. The van der Waals surface area contributed by atoms with E-state index in [0.717, 1.165) is 5.57 Å². The minimum absolute atomic E-state index is 1.16. The maximum atomic E-state index is 3.84. The first-order chi connectivity index (χ1) is 3.88. The number of allylic oxidation sites excluding steroid dienone is 7. The van der Waals surface area contributed by atoms with E-state index in [2.05, 4.69) is 24.8 Å². The summed E-state index contributed by atoms with van der Waals surface area (Å²) in [6.07, 6.45) is 8.34. The predicted octanol–water partition coefficient (Wildman–Crippen LogP) is 1.98. The van der Waals surface area contributed by atoms with Crippen LogP contribution in [0.3, 0.4) is 0 Å². The Labute approximate surface area is 48.5 Å². The van der Waals surface area contributed by atoms with Crippen LogP contribution < -0.4 is 0 Å². The zero-order chi connectivity index (χ0) is 5.56. The summed E-state index contributed by atoms with van der Waals surface area (Å²) >= 11 is 0. The molecule has 0 aromatic heterocycles. The highest BCUT2D eigenvalue weighted by Gasteiger charge is 2.14. The van der Waals surface area contributed by atoms with E-state index < -0.39 is 0 Å². The third kappa shape index (κ3) is 0.270. The summed E-state index contributed by atoms with van der Waals surface area (Å²) in [6, 6.07) is 0. The molecule has 0 unspecified atom stereocenters. The topological polar surface area (TPSA) is 0 Å². The number of hydrogen-bond acceptors (Lipinski definition) is 0. The van der Waals surface area contributed by atoms with Crippen molar-refractivity contribution in [1.29, 1.82) is 0 Å². The van der Waals surface area contributed by atoms with E-state index in [0.29, 0.717) is 0 Å². The molecule has 0 saturated carbocycles. The van der Waals surface area contributed by atoms with E-state index in [1.165, 1.54) is 11.1 Å². The van der Waals surface area contributed by atoms with Gasteiger partial charge in [0, 0.05) is 0 Å². The van der Waals surface area contributed by atoms with E-state index in [4.69, 9.17) is 0 Å². The van der Waals surface area contributed by atoms with Gasteiger partial charge in [0.2, 0.25) is 0 Å². The third-order valence-electron chi connectivity index (χ3n) is 1.55. The van der Waals surface area contributed by atoms with Crippen LogP contribution in [0.2, 0.25) is 0 Å². The van der Waals surface area contributed by atoms with Gasteiger partial charge in [0.1, 0.15) is 0 Å². The Balaban J connectivity index is 2.54. The van der Waals surface area contributed by atoms with Crippen molar-refractivity contribution in [3.05, 3.63) is 47.6 Å². The van der Waals surface area contributed by atoms with E-state index in [-0.39, 0.29) is 0 Å². The van der Waals surface area contributed by atoms with Crippen LogP contribution in [0.25, 0.3) is 0 Å². The van der Waals surface area contributed by atoms with Crippen LogP contribution in [0, 0.1) is 0 Å². The minimum atomic E-state index is 1.16. The van der Waals surface area contributed by atoms with Crippen LogP contribution in [-0.4, -0.2) is 0 Å². The van der Waals surface area contributed by atoms with Crippen molar-refractivity contribution in [3.63, 3.8) is 0 Å². The molecule has 0 radical (unpaired) electrons. The molecule has 0 spiro atoms. The molecule has 0 aromatic rings. The highest BCUT2D eigenvalue weighted by Crippen LogP contribution is 2.33. The first-order valence-corrected chi connectivity index (χ1v) is 2.67. The molecule has 0 amide bonds. The van der Waals surface area contributed by atoms with Gasteiger partial charge in [-0.15, -0.1) is 0 Å². The van der Waals surface area contributed by atoms with E-state index in [1.807, 2.05) is 6.08 Å². The Bertz CT molecular complexity index is 227. The lowest BCUT2D eigenvalue weighted by Crippen LogP contribution is -1.88. The van der Waals surface area contributed by atoms with Crippen molar-refractivity contribution in [2.75, 3.05) is 0 Å². The molecule has 0 aromatic carbocycles. The van der Waals surface area contributed by atoms with Crippen LogP contribution in [-0.2, 0) is 0 Å². The molecular weight excluding hydrogens is 96.1 g/mol. The van der Waals surface area contributed by atoms with Crippen molar-refractivity contribution in [3.8, 4) is 0 Å². The Kier molecular flexibility index (Phi) is 0.500. The van der Waals surface area contributed by atoms with Gasteiger partial charge >= 0.3 is 0 Å². The van der Waals surface area contributed by atoms with Crippen LogP contribution in [0.4, 0.5) is 0 Å². The molecule has 0 aliphatic heterocycles. The lowest BCUT2D eigenvalue weighted by Gasteiger charge is -2.06. The third-order valence-corrected chi connectivity index (χ3v) is 1.55. The van der Waals surface area contributed by atoms with Gasteiger partial charge in [0.15, 0.2) is 0 Å². The highest BCUT2D eigenvalue weighted by molar-refractivity contribution is 5.69.